The fraction of sp³-hybridized carbons (Fsp3) is 0.522. The van der Waals surface area contributed by atoms with E-state index < -0.39 is 0 Å². The zero-order chi connectivity index (χ0) is 20.6. The molecule has 29 heavy (non-hydrogen) atoms. The van der Waals surface area contributed by atoms with E-state index in [4.69, 9.17) is 4.74 Å². The van der Waals surface area contributed by atoms with Crippen LogP contribution < -0.4 is 5.32 Å². The lowest BCUT2D eigenvalue weighted by atomic mass is 9.80. The monoisotopic (exact) mass is 394 g/mol. The predicted molar refractivity (Wildman–Crippen MR) is 112 cm³/mol. The topological polar surface area (TPSA) is 67.4 Å². The maximum atomic E-state index is 13.0. The Morgan fingerprint density at radius 1 is 1.24 bits per heavy atom. The average molecular weight is 395 g/mol. The summed E-state index contributed by atoms with van der Waals surface area (Å²) < 4.78 is 5.75. The van der Waals surface area contributed by atoms with Gasteiger partial charge in [0.2, 0.25) is 0 Å². The molecule has 1 amide bonds. The normalized spacial score (nSPS) is 19.7. The van der Waals surface area contributed by atoms with E-state index in [1.807, 2.05) is 11.8 Å². The van der Waals surface area contributed by atoms with Crippen molar-refractivity contribution in [3.05, 3.63) is 58.2 Å². The summed E-state index contributed by atoms with van der Waals surface area (Å²) in [6, 6.07) is 4.81. The van der Waals surface area contributed by atoms with Crippen LogP contribution in [-0.2, 0) is 23.1 Å². The van der Waals surface area contributed by atoms with Gasteiger partial charge in [-0.15, -0.1) is 0 Å². The SMILES string of the molecule is Cc1ncc(C(=O)N2CCc3cc(C(C)(C)C)cc([C@@H]4COCCN4)c3C2)cn1. The highest BCUT2D eigenvalue weighted by atomic mass is 16.5. The molecule has 1 aromatic heterocycles. The number of nitrogens with zero attached hydrogens (tertiary/aromatic N) is 3. The molecule has 0 bridgehead atoms. The van der Waals surface area contributed by atoms with Crippen molar-refractivity contribution in [3.8, 4) is 0 Å². The number of amides is 1. The number of carbonyl (C=O) groups excluding carboxylic acids is 1. The molecule has 154 valence electrons. The molecule has 2 aliphatic heterocycles. The molecule has 0 saturated carbocycles. The Balaban J connectivity index is 1.68. The van der Waals surface area contributed by atoms with Crippen LogP contribution in [0.4, 0.5) is 0 Å². The first kappa shape index (κ1) is 20.0. The van der Waals surface area contributed by atoms with E-state index in [1.165, 1.54) is 22.3 Å². The second-order valence-electron chi connectivity index (χ2n) is 9.03. The first-order chi connectivity index (χ1) is 13.8. The van der Waals surface area contributed by atoms with Gasteiger partial charge in [0, 0.05) is 32.0 Å². The second-order valence-corrected chi connectivity index (χ2v) is 9.03. The zero-order valence-corrected chi connectivity index (χ0v) is 17.8. The molecule has 6 nitrogen and oxygen atoms in total. The molecule has 3 heterocycles. The van der Waals surface area contributed by atoms with Crippen LogP contribution in [0.2, 0.25) is 0 Å². The summed E-state index contributed by atoms with van der Waals surface area (Å²) >= 11 is 0. The maximum Gasteiger partial charge on any atom is 0.257 e. The van der Waals surface area contributed by atoms with Crippen molar-refractivity contribution < 1.29 is 9.53 Å². The highest BCUT2D eigenvalue weighted by Crippen LogP contribution is 2.34. The molecule has 2 aromatic rings. The fourth-order valence-electron chi connectivity index (χ4n) is 4.07. The van der Waals surface area contributed by atoms with E-state index in [1.54, 1.807) is 12.4 Å². The molecule has 0 aliphatic carbocycles. The van der Waals surface area contributed by atoms with Crippen LogP contribution in [0.15, 0.2) is 24.5 Å². The molecule has 6 heteroatoms. The van der Waals surface area contributed by atoms with Crippen LogP contribution in [-0.4, -0.2) is 47.1 Å². The largest absolute Gasteiger partial charge is 0.378 e. The molecular weight excluding hydrogens is 364 g/mol. The fourth-order valence-corrected chi connectivity index (χ4v) is 4.07. The number of morpholine rings is 1. The van der Waals surface area contributed by atoms with E-state index in [9.17, 15) is 4.79 Å². The zero-order valence-electron chi connectivity index (χ0n) is 17.8. The van der Waals surface area contributed by atoms with Gasteiger partial charge >= 0.3 is 0 Å². The average Bonchev–Trinajstić information content (AvgIpc) is 2.72. The third-order valence-corrected chi connectivity index (χ3v) is 5.86. The molecular formula is C23H30N4O2. The highest BCUT2D eigenvalue weighted by molar-refractivity contribution is 5.93. The van der Waals surface area contributed by atoms with Gasteiger partial charge in [-0.2, -0.15) is 0 Å². The number of hydrogen-bond acceptors (Lipinski definition) is 5. The Hall–Kier alpha value is -2.31. The van der Waals surface area contributed by atoms with Gasteiger partial charge in [0.15, 0.2) is 0 Å². The van der Waals surface area contributed by atoms with Gasteiger partial charge in [-0.25, -0.2) is 9.97 Å². The molecule has 0 spiro atoms. The highest BCUT2D eigenvalue weighted by Gasteiger charge is 2.29. The number of nitrogens with one attached hydrogen (secondary N) is 1. The first-order valence-electron chi connectivity index (χ1n) is 10.4. The third kappa shape index (κ3) is 4.19. The summed E-state index contributed by atoms with van der Waals surface area (Å²) in [4.78, 5) is 23.3. The van der Waals surface area contributed by atoms with E-state index >= 15 is 0 Å². The van der Waals surface area contributed by atoms with E-state index in [-0.39, 0.29) is 17.4 Å². The van der Waals surface area contributed by atoms with Crippen molar-refractivity contribution in [2.24, 2.45) is 0 Å². The Labute approximate surface area is 172 Å². The van der Waals surface area contributed by atoms with Gasteiger partial charge in [-0.05, 0) is 41.0 Å². The second kappa shape index (κ2) is 7.84. The van der Waals surface area contributed by atoms with Gasteiger partial charge in [0.05, 0.1) is 24.8 Å². The van der Waals surface area contributed by atoms with Gasteiger partial charge in [-0.1, -0.05) is 32.9 Å². The van der Waals surface area contributed by atoms with Crippen LogP contribution in [0, 0.1) is 6.92 Å². The number of hydrogen-bond donors (Lipinski definition) is 1. The summed E-state index contributed by atoms with van der Waals surface area (Å²) in [5, 5.41) is 3.60. The smallest absolute Gasteiger partial charge is 0.257 e. The maximum absolute atomic E-state index is 13.0. The Morgan fingerprint density at radius 3 is 2.66 bits per heavy atom. The van der Waals surface area contributed by atoms with E-state index in [2.05, 4.69) is 48.2 Å². The quantitative estimate of drug-likeness (QED) is 0.848. The molecule has 1 aromatic carbocycles. The van der Waals surface area contributed by atoms with Gasteiger partial charge in [-0.3, -0.25) is 4.79 Å². The van der Waals surface area contributed by atoms with Gasteiger partial charge in [0.1, 0.15) is 5.82 Å². The summed E-state index contributed by atoms with van der Waals surface area (Å²) in [5.41, 5.74) is 5.84. The molecule has 1 saturated heterocycles. The van der Waals surface area contributed by atoms with Crippen LogP contribution in [0.25, 0.3) is 0 Å². The van der Waals surface area contributed by atoms with Crippen LogP contribution in [0.1, 0.15) is 65.2 Å². The number of ether oxygens (including phenoxy) is 1. The molecule has 2 aliphatic rings. The van der Waals surface area contributed by atoms with Crippen LogP contribution >= 0.6 is 0 Å². The van der Waals surface area contributed by atoms with Gasteiger partial charge in [0.25, 0.3) is 5.91 Å². The lowest BCUT2D eigenvalue weighted by molar-refractivity contribution is 0.0714. The van der Waals surface area contributed by atoms with E-state index in [0.717, 1.165) is 19.6 Å². The van der Waals surface area contributed by atoms with Crippen LogP contribution in [0.3, 0.4) is 0 Å². The number of benzene rings is 1. The standard InChI is InChI=1S/C23H30N4O2/c1-15-25-11-17(12-26-15)22(28)27-7-5-16-9-18(23(2,3)4)10-19(20(16)13-27)21-14-29-8-6-24-21/h9-12,21,24H,5-8,13-14H2,1-4H3/t21-/m0/s1. The predicted octanol–water partition coefficient (Wildman–Crippen LogP) is 2.94. The summed E-state index contributed by atoms with van der Waals surface area (Å²) in [5.74, 6) is 0.667. The molecule has 4 rings (SSSR count). The minimum atomic E-state index is -0.00523. The van der Waals surface area contributed by atoms with E-state index in [0.29, 0.717) is 31.1 Å². The van der Waals surface area contributed by atoms with Crippen molar-refractivity contribution >= 4 is 5.91 Å². The Bertz CT molecular complexity index is 896. The van der Waals surface area contributed by atoms with Crippen molar-refractivity contribution in [3.63, 3.8) is 0 Å². The summed E-state index contributed by atoms with van der Waals surface area (Å²) in [6.07, 6.45) is 4.11. The molecule has 1 atom stereocenters. The number of aromatic nitrogens is 2. The Kier molecular flexibility index (Phi) is 5.40. The first-order valence-corrected chi connectivity index (χ1v) is 10.4. The van der Waals surface area contributed by atoms with Crippen molar-refractivity contribution in [1.29, 1.82) is 0 Å². The minimum Gasteiger partial charge on any atom is -0.378 e. The number of carbonyl (C=O) groups is 1. The summed E-state index contributed by atoms with van der Waals surface area (Å²) in [7, 11) is 0. The number of aryl methyl sites for hydroxylation is 1. The molecule has 0 unspecified atom stereocenters. The van der Waals surface area contributed by atoms with Crippen molar-refractivity contribution in [2.75, 3.05) is 26.3 Å². The lowest BCUT2D eigenvalue weighted by Gasteiger charge is -2.35. The molecule has 0 radical (unpaired) electrons. The van der Waals surface area contributed by atoms with Crippen molar-refractivity contribution in [2.45, 2.75) is 52.1 Å². The lowest BCUT2D eigenvalue weighted by Crippen LogP contribution is -2.39. The number of fused-ring (bicyclic) bond motifs is 1. The number of rotatable bonds is 2. The third-order valence-electron chi connectivity index (χ3n) is 5.86. The van der Waals surface area contributed by atoms with Crippen molar-refractivity contribution in [1.82, 2.24) is 20.2 Å². The molecule has 1 N–H and O–H groups in total. The minimum absolute atomic E-state index is 0.00523. The van der Waals surface area contributed by atoms with Crippen LogP contribution in [0.5, 0.6) is 0 Å². The Morgan fingerprint density at radius 2 is 2.00 bits per heavy atom. The van der Waals surface area contributed by atoms with Gasteiger partial charge < -0.3 is 15.0 Å². The molecule has 1 fully saturated rings. The summed E-state index contributed by atoms with van der Waals surface area (Å²) in [6.45, 7) is 12.2.